The SMILES string of the molecule is Cc1cnc(CNC(=O)c2cccc(C#CCO)c2)o1. The van der Waals surface area contributed by atoms with Crippen LogP contribution in [0.25, 0.3) is 0 Å². The average Bonchev–Trinajstić information content (AvgIpc) is 2.88. The summed E-state index contributed by atoms with van der Waals surface area (Å²) in [6.07, 6.45) is 1.60. The minimum Gasteiger partial charge on any atom is -0.444 e. The average molecular weight is 270 g/mol. The van der Waals surface area contributed by atoms with Gasteiger partial charge in [-0.3, -0.25) is 4.79 Å². The minimum atomic E-state index is -0.228. The Hall–Kier alpha value is -2.58. The monoisotopic (exact) mass is 270 g/mol. The molecule has 2 rings (SSSR count). The Morgan fingerprint density at radius 3 is 3.05 bits per heavy atom. The molecule has 0 unspecified atom stereocenters. The van der Waals surface area contributed by atoms with Gasteiger partial charge in [-0.1, -0.05) is 17.9 Å². The van der Waals surface area contributed by atoms with Gasteiger partial charge in [-0.15, -0.1) is 0 Å². The number of aliphatic hydroxyl groups is 1. The number of hydrogen-bond acceptors (Lipinski definition) is 4. The zero-order valence-electron chi connectivity index (χ0n) is 11.0. The smallest absolute Gasteiger partial charge is 0.251 e. The fourth-order valence-electron chi connectivity index (χ4n) is 1.62. The topological polar surface area (TPSA) is 75.4 Å². The third-order valence-corrected chi connectivity index (χ3v) is 2.51. The highest BCUT2D eigenvalue weighted by Crippen LogP contribution is 2.05. The molecule has 1 aromatic heterocycles. The highest BCUT2D eigenvalue weighted by atomic mass is 16.4. The Morgan fingerprint density at radius 2 is 2.35 bits per heavy atom. The molecule has 0 saturated heterocycles. The van der Waals surface area contributed by atoms with Gasteiger partial charge in [-0.05, 0) is 25.1 Å². The van der Waals surface area contributed by atoms with Crippen LogP contribution in [0.2, 0.25) is 0 Å². The number of aliphatic hydroxyl groups excluding tert-OH is 1. The maximum atomic E-state index is 12.0. The Balaban J connectivity index is 2.01. The number of oxazole rings is 1. The fraction of sp³-hybridized carbons (Fsp3) is 0.200. The van der Waals surface area contributed by atoms with Crippen molar-refractivity contribution in [2.45, 2.75) is 13.5 Å². The first kappa shape index (κ1) is 13.8. The molecule has 0 spiro atoms. The predicted molar refractivity (Wildman–Crippen MR) is 72.8 cm³/mol. The highest BCUT2D eigenvalue weighted by molar-refractivity contribution is 5.94. The number of amides is 1. The molecule has 0 aliphatic carbocycles. The van der Waals surface area contributed by atoms with Gasteiger partial charge in [-0.25, -0.2) is 4.98 Å². The predicted octanol–water partition coefficient (Wildman–Crippen LogP) is 1.26. The summed E-state index contributed by atoms with van der Waals surface area (Å²) in [5.74, 6) is 6.24. The second-order valence-corrected chi connectivity index (χ2v) is 4.09. The first-order chi connectivity index (χ1) is 9.69. The summed E-state index contributed by atoms with van der Waals surface area (Å²) in [5.41, 5.74) is 1.18. The van der Waals surface area contributed by atoms with Crippen LogP contribution >= 0.6 is 0 Å². The van der Waals surface area contributed by atoms with Crippen LogP contribution in [0, 0.1) is 18.8 Å². The Labute approximate surface area is 116 Å². The van der Waals surface area contributed by atoms with Crippen LogP contribution in [0.3, 0.4) is 0 Å². The van der Waals surface area contributed by atoms with Crippen LogP contribution < -0.4 is 5.32 Å². The molecule has 2 N–H and O–H groups in total. The standard InChI is InChI=1S/C15H14N2O3/c1-11-9-16-14(20-11)10-17-15(19)13-6-2-4-12(8-13)5-3-7-18/h2,4,6,8-9,18H,7,10H2,1H3,(H,17,19). The summed E-state index contributed by atoms with van der Waals surface area (Å²) >= 11 is 0. The number of benzene rings is 1. The molecular weight excluding hydrogens is 256 g/mol. The number of hydrogen-bond donors (Lipinski definition) is 2. The molecule has 2 aromatic rings. The van der Waals surface area contributed by atoms with Gasteiger partial charge < -0.3 is 14.8 Å². The molecule has 0 saturated carbocycles. The number of nitrogens with one attached hydrogen (secondary N) is 1. The number of aromatic nitrogens is 1. The molecule has 1 amide bonds. The summed E-state index contributed by atoms with van der Waals surface area (Å²) in [6.45, 7) is 1.82. The van der Waals surface area contributed by atoms with Crippen molar-refractivity contribution in [1.82, 2.24) is 10.3 Å². The summed E-state index contributed by atoms with van der Waals surface area (Å²) in [7, 11) is 0. The molecule has 0 aliphatic rings. The minimum absolute atomic E-state index is 0.208. The number of carbonyl (C=O) groups is 1. The van der Waals surface area contributed by atoms with Gasteiger partial charge in [0.05, 0.1) is 12.7 Å². The van der Waals surface area contributed by atoms with E-state index < -0.39 is 0 Å². The van der Waals surface area contributed by atoms with Gasteiger partial charge in [0.25, 0.3) is 5.91 Å². The van der Waals surface area contributed by atoms with E-state index in [1.807, 2.05) is 0 Å². The molecule has 5 nitrogen and oxygen atoms in total. The van der Waals surface area contributed by atoms with Gasteiger partial charge in [0.15, 0.2) is 0 Å². The number of carbonyl (C=O) groups excluding carboxylic acids is 1. The molecule has 0 atom stereocenters. The van der Waals surface area contributed by atoms with E-state index in [1.54, 1.807) is 37.4 Å². The summed E-state index contributed by atoms with van der Waals surface area (Å²) in [4.78, 5) is 16.0. The van der Waals surface area contributed by atoms with Crippen molar-refractivity contribution < 1.29 is 14.3 Å². The normalized spacial score (nSPS) is 9.70. The van der Waals surface area contributed by atoms with Crippen LogP contribution in [0.1, 0.15) is 27.6 Å². The summed E-state index contributed by atoms with van der Waals surface area (Å²) in [6, 6.07) is 6.88. The lowest BCUT2D eigenvalue weighted by Crippen LogP contribution is -2.22. The van der Waals surface area contributed by atoms with Gasteiger partial charge in [0.1, 0.15) is 12.4 Å². The first-order valence-electron chi connectivity index (χ1n) is 6.08. The molecule has 0 bridgehead atoms. The lowest BCUT2D eigenvalue weighted by molar-refractivity contribution is 0.0947. The Bertz CT molecular complexity index is 665. The molecule has 1 heterocycles. The molecular formula is C15H14N2O3. The van der Waals surface area contributed by atoms with E-state index in [9.17, 15) is 4.79 Å². The molecule has 0 aliphatic heterocycles. The molecule has 102 valence electrons. The summed E-state index contributed by atoms with van der Waals surface area (Å²) < 4.78 is 5.27. The van der Waals surface area contributed by atoms with Crippen LogP contribution in [-0.2, 0) is 6.54 Å². The van der Waals surface area contributed by atoms with E-state index in [1.165, 1.54) is 0 Å². The van der Waals surface area contributed by atoms with Crippen molar-refractivity contribution in [3.05, 3.63) is 53.2 Å². The van der Waals surface area contributed by atoms with Gasteiger partial charge in [0.2, 0.25) is 5.89 Å². The molecule has 20 heavy (non-hydrogen) atoms. The quantitative estimate of drug-likeness (QED) is 0.823. The molecule has 1 aromatic carbocycles. The van der Waals surface area contributed by atoms with Crippen LogP contribution in [0.5, 0.6) is 0 Å². The molecule has 0 fully saturated rings. The van der Waals surface area contributed by atoms with Crippen molar-refractivity contribution in [2.75, 3.05) is 6.61 Å². The van der Waals surface area contributed by atoms with E-state index in [-0.39, 0.29) is 19.1 Å². The zero-order chi connectivity index (χ0) is 14.4. The van der Waals surface area contributed by atoms with Gasteiger partial charge in [0, 0.05) is 11.1 Å². The van der Waals surface area contributed by atoms with E-state index in [0.29, 0.717) is 22.8 Å². The first-order valence-corrected chi connectivity index (χ1v) is 6.08. The molecule has 5 heteroatoms. The van der Waals surface area contributed by atoms with Crippen LogP contribution in [0.15, 0.2) is 34.9 Å². The van der Waals surface area contributed by atoms with Crippen LogP contribution in [-0.4, -0.2) is 22.6 Å². The number of aryl methyl sites for hydroxylation is 1. The second kappa shape index (κ2) is 6.55. The van der Waals surface area contributed by atoms with Crippen molar-refractivity contribution in [3.8, 4) is 11.8 Å². The summed E-state index contributed by atoms with van der Waals surface area (Å²) in [5, 5.41) is 11.4. The van der Waals surface area contributed by atoms with Crippen molar-refractivity contribution >= 4 is 5.91 Å². The maximum absolute atomic E-state index is 12.0. The zero-order valence-corrected chi connectivity index (χ0v) is 11.0. The largest absolute Gasteiger partial charge is 0.444 e. The van der Waals surface area contributed by atoms with E-state index in [2.05, 4.69) is 22.1 Å². The third-order valence-electron chi connectivity index (χ3n) is 2.51. The lowest BCUT2D eigenvalue weighted by Gasteiger charge is -2.03. The third kappa shape index (κ3) is 3.70. The molecule has 0 radical (unpaired) electrons. The van der Waals surface area contributed by atoms with Gasteiger partial charge in [-0.2, -0.15) is 0 Å². The Kier molecular flexibility index (Phi) is 4.53. The van der Waals surface area contributed by atoms with Crippen LogP contribution in [0.4, 0.5) is 0 Å². The Morgan fingerprint density at radius 1 is 1.50 bits per heavy atom. The maximum Gasteiger partial charge on any atom is 0.251 e. The number of nitrogens with zero attached hydrogens (tertiary/aromatic N) is 1. The second-order valence-electron chi connectivity index (χ2n) is 4.09. The van der Waals surface area contributed by atoms with Crippen molar-refractivity contribution in [3.63, 3.8) is 0 Å². The van der Waals surface area contributed by atoms with E-state index in [4.69, 9.17) is 9.52 Å². The highest BCUT2D eigenvalue weighted by Gasteiger charge is 2.07. The van der Waals surface area contributed by atoms with E-state index >= 15 is 0 Å². The van der Waals surface area contributed by atoms with Crippen molar-refractivity contribution in [2.24, 2.45) is 0 Å². The fourth-order valence-corrected chi connectivity index (χ4v) is 1.62. The number of rotatable bonds is 3. The van der Waals surface area contributed by atoms with Gasteiger partial charge >= 0.3 is 0 Å². The van der Waals surface area contributed by atoms with Crippen molar-refractivity contribution in [1.29, 1.82) is 0 Å². The lowest BCUT2D eigenvalue weighted by atomic mass is 10.1. The van der Waals surface area contributed by atoms with E-state index in [0.717, 1.165) is 0 Å².